The summed E-state index contributed by atoms with van der Waals surface area (Å²) < 4.78 is 9.47. The predicted octanol–water partition coefficient (Wildman–Crippen LogP) is 3.37. The van der Waals surface area contributed by atoms with Crippen LogP contribution in [0.2, 0.25) is 0 Å². The van der Waals surface area contributed by atoms with Gasteiger partial charge in [-0.15, -0.1) is 12.8 Å². The molecule has 0 radical (unpaired) electrons. The average molecular weight is 369 g/mol. The number of carbonyl (C=O) groups is 2. The molecule has 6 heteroatoms. The Kier molecular flexibility index (Phi) is 18.0. The van der Waals surface area contributed by atoms with Gasteiger partial charge in [0, 0.05) is 19.8 Å². The maximum absolute atomic E-state index is 11.8. The van der Waals surface area contributed by atoms with Gasteiger partial charge in [-0.05, 0) is 39.0 Å². The van der Waals surface area contributed by atoms with E-state index in [1.165, 1.54) is 26.4 Å². The number of alkyl carbamates (subject to hydrolysis) is 1. The molecule has 1 N–H and O–H groups in total. The van der Waals surface area contributed by atoms with Gasteiger partial charge in [0.05, 0.1) is 13.2 Å². The molecule has 2 aliphatic rings. The van der Waals surface area contributed by atoms with E-state index in [2.05, 4.69) is 29.5 Å². The Morgan fingerprint density at radius 3 is 2.15 bits per heavy atom. The van der Waals surface area contributed by atoms with Crippen molar-refractivity contribution in [1.82, 2.24) is 10.2 Å². The molecule has 2 amide bonds. The first kappa shape index (κ1) is 26.2. The smallest absolute Gasteiger partial charge is 0.407 e. The number of likely N-dealkylation sites (tertiary alicyclic amines) is 1. The molecule has 2 aliphatic heterocycles. The zero-order valence-electron chi connectivity index (χ0n) is 16.9. The largest absolute Gasteiger partial charge is 0.453 e. The normalized spacial score (nSPS) is 17.8. The third-order valence-electron chi connectivity index (χ3n) is 3.79. The Hall–Kier alpha value is -2.00. The van der Waals surface area contributed by atoms with Gasteiger partial charge in [-0.3, -0.25) is 4.79 Å². The van der Waals surface area contributed by atoms with Gasteiger partial charge >= 0.3 is 6.09 Å². The first-order chi connectivity index (χ1) is 12.6. The molecule has 0 spiro atoms. The van der Waals surface area contributed by atoms with E-state index in [1.54, 1.807) is 4.90 Å². The molecule has 0 saturated carbocycles. The number of methoxy groups -OCH3 is 1. The lowest BCUT2D eigenvalue weighted by Crippen LogP contribution is -2.42. The van der Waals surface area contributed by atoms with Gasteiger partial charge in [0.1, 0.15) is 6.54 Å². The minimum Gasteiger partial charge on any atom is -0.453 e. The minimum atomic E-state index is -0.584. The lowest BCUT2D eigenvalue weighted by atomic mass is 10.1. The van der Waals surface area contributed by atoms with Gasteiger partial charge in [0.15, 0.2) is 0 Å². The first-order valence-electron chi connectivity index (χ1n) is 9.24. The van der Waals surface area contributed by atoms with Crippen molar-refractivity contribution in [3.63, 3.8) is 0 Å². The highest BCUT2D eigenvalue weighted by atomic mass is 16.5. The van der Waals surface area contributed by atoms with Crippen molar-refractivity contribution >= 4 is 12.0 Å². The molecule has 2 fully saturated rings. The van der Waals surface area contributed by atoms with Crippen LogP contribution in [0, 0.1) is 12.8 Å². The van der Waals surface area contributed by atoms with E-state index in [9.17, 15) is 9.59 Å². The summed E-state index contributed by atoms with van der Waals surface area (Å²) >= 11 is 0. The minimum absolute atomic E-state index is 0.0174. The van der Waals surface area contributed by atoms with Crippen molar-refractivity contribution in [2.24, 2.45) is 0 Å². The van der Waals surface area contributed by atoms with Crippen molar-refractivity contribution < 1.29 is 19.1 Å². The SMILES string of the molecule is C#C.C1CCOCC1.C=C(C)[C@@H]1CCCN1C(=O)CNC(=O)OC.CC. The molecule has 0 bridgehead atoms. The summed E-state index contributed by atoms with van der Waals surface area (Å²) in [6, 6.07) is 0.118. The lowest BCUT2D eigenvalue weighted by molar-refractivity contribution is -0.130. The zero-order valence-corrected chi connectivity index (χ0v) is 16.9. The van der Waals surface area contributed by atoms with Crippen LogP contribution in [0.1, 0.15) is 52.9 Å². The van der Waals surface area contributed by atoms with Crippen LogP contribution in [0.3, 0.4) is 0 Å². The van der Waals surface area contributed by atoms with E-state index in [0.29, 0.717) is 0 Å². The van der Waals surface area contributed by atoms with Crippen molar-refractivity contribution in [3.05, 3.63) is 12.2 Å². The predicted molar refractivity (Wildman–Crippen MR) is 106 cm³/mol. The number of amides is 2. The molecule has 0 aromatic carbocycles. The van der Waals surface area contributed by atoms with E-state index >= 15 is 0 Å². The fourth-order valence-electron chi connectivity index (χ4n) is 2.59. The van der Waals surface area contributed by atoms with Crippen LogP contribution in [0.15, 0.2) is 12.2 Å². The molecule has 0 aliphatic carbocycles. The maximum Gasteiger partial charge on any atom is 0.407 e. The number of rotatable bonds is 3. The number of ether oxygens (including phenoxy) is 2. The second kappa shape index (κ2) is 17.8. The topological polar surface area (TPSA) is 67.9 Å². The van der Waals surface area contributed by atoms with E-state index in [4.69, 9.17) is 4.74 Å². The highest BCUT2D eigenvalue weighted by Gasteiger charge is 2.28. The van der Waals surface area contributed by atoms with E-state index in [1.807, 2.05) is 20.8 Å². The molecule has 6 nitrogen and oxygen atoms in total. The summed E-state index contributed by atoms with van der Waals surface area (Å²) in [4.78, 5) is 24.4. The Morgan fingerprint density at radius 1 is 1.19 bits per heavy atom. The summed E-state index contributed by atoms with van der Waals surface area (Å²) in [5, 5.41) is 2.39. The van der Waals surface area contributed by atoms with Crippen LogP contribution in [-0.2, 0) is 14.3 Å². The molecule has 0 aromatic heterocycles. The molecule has 26 heavy (non-hydrogen) atoms. The highest BCUT2D eigenvalue weighted by Crippen LogP contribution is 2.22. The summed E-state index contributed by atoms with van der Waals surface area (Å²) in [5.74, 6) is -0.0871. The standard InChI is InChI=1S/C11H18N2O3.C5H10O.C2H6.C2H2/c1-8(2)9-5-4-6-13(9)10(14)7-12-11(15)16-3;1-2-4-6-5-3-1;2*1-2/h9H,1,4-7H2,2-3H3,(H,12,15);1-5H2;1-2H3;1-2H/t9-;;;/m0.../s1. The lowest BCUT2D eigenvalue weighted by Gasteiger charge is -2.24. The molecular formula is C20H36N2O4. The summed E-state index contributed by atoms with van der Waals surface area (Å²) in [6.07, 6.45) is 13.3. The number of nitrogens with zero attached hydrogens (tertiary/aromatic N) is 1. The molecule has 1 atom stereocenters. The molecule has 0 unspecified atom stereocenters. The number of nitrogens with one attached hydrogen (secondary N) is 1. The second-order valence-electron chi connectivity index (χ2n) is 5.61. The number of hydrogen-bond donors (Lipinski definition) is 1. The molecule has 2 rings (SSSR count). The van der Waals surface area contributed by atoms with Gasteiger partial charge < -0.3 is 19.7 Å². The zero-order chi connectivity index (χ0) is 20.4. The fraction of sp³-hybridized carbons (Fsp3) is 0.700. The van der Waals surface area contributed by atoms with Gasteiger partial charge in [-0.25, -0.2) is 4.79 Å². The molecule has 2 heterocycles. The first-order valence-corrected chi connectivity index (χ1v) is 9.24. The Balaban J connectivity index is 0. The third kappa shape index (κ3) is 11.5. The molecular weight excluding hydrogens is 332 g/mol. The Labute approximate surface area is 159 Å². The van der Waals surface area contributed by atoms with E-state index < -0.39 is 6.09 Å². The maximum atomic E-state index is 11.8. The van der Waals surface area contributed by atoms with Crippen LogP contribution in [0.25, 0.3) is 0 Å². The van der Waals surface area contributed by atoms with Crippen molar-refractivity contribution in [2.75, 3.05) is 33.4 Å². The van der Waals surface area contributed by atoms with Crippen molar-refractivity contribution in [3.8, 4) is 12.8 Å². The van der Waals surface area contributed by atoms with Crippen molar-refractivity contribution in [1.29, 1.82) is 0 Å². The summed E-state index contributed by atoms with van der Waals surface area (Å²) in [5.41, 5.74) is 0.990. The number of terminal acetylenes is 1. The van der Waals surface area contributed by atoms with Crippen LogP contribution < -0.4 is 5.32 Å². The summed E-state index contributed by atoms with van der Waals surface area (Å²) in [7, 11) is 1.27. The van der Waals surface area contributed by atoms with Crippen LogP contribution in [-0.4, -0.2) is 56.4 Å². The van der Waals surface area contributed by atoms with E-state index in [0.717, 1.165) is 38.2 Å². The van der Waals surface area contributed by atoms with Crippen LogP contribution >= 0.6 is 0 Å². The van der Waals surface area contributed by atoms with Crippen molar-refractivity contribution in [2.45, 2.75) is 58.9 Å². The Bertz CT molecular complexity index is 406. The van der Waals surface area contributed by atoms with Crippen LogP contribution in [0.5, 0.6) is 0 Å². The van der Waals surface area contributed by atoms with Gasteiger partial charge in [0.25, 0.3) is 0 Å². The molecule has 2 saturated heterocycles. The Morgan fingerprint density at radius 2 is 1.77 bits per heavy atom. The number of hydrogen-bond acceptors (Lipinski definition) is 4. The van der Waals surface area contributed by atoms with E-state index in [-0.39, 0.29) is 18.5 Å². The molecule has 150 valence electrons. The number of carbonyl (C=O) groups excluding carboxylic acids is 2. The monoisotopic (exact) mass is 368 g/mol. The van der Waals surface area contributed by atoms with Gasteiger partial charge in [-0.2, -0.15) is 0 Å². The second-order valence-corrected chi connectivity index (χ2v) is 5.61. The van der Waals surface area contributed by atoms with Gasteiger partial charge in [0.2, 0.25) is 5.91 Å². The average Bonchev–Trinajstić information content (AvgIpc) is 3.21. The summed E-state index contributed by atoms with van der Waals surface area (Å²) in [6.45, 7) is 12.5. The highest BCUT2D eigenvalue weighted by molar-refractivity contribution is 5.82. The quantitative estimate of drug-likeness (QED) is 0.613. The fourth-order valence-corrected chi connectivity index (χ4v) is 2.59. The third-order valence-corrected chi connectivity index (χ3v) is 3.79. The molecule has 0 aromatic rings. The van der Waals surface area contributed by atoms with Crippen LogP contribution in [0.4, 0.5) is 4.79 Å². The van der Waals surface area contributed by atoms with Gasteiger partial charge in [-0.1, -0.05) is 26.0 Å².